The molecule has 1 aliphatic heterocycles. The van der Waals surface area contributed by atoms with Gasteiger partial charge in [-0.1, -0.05) is 0 Å². The van der Waals surface area contributed by atoms with Crippen LogP contribution in [-0.4, -0.2) is 47.7 Å². The van der Waals surface area contributed by atoms with Gasteiger partial charge in [0.25, 0.3) is 0 Å². The van der Waals surface area contributed by atoms with Gasteiger partial charge in [0.1, 0.15) is 11.3 Å². The van der Waals surface area contributed by atoms with Crippen molar-refractivity contribution >= 4 is 11.0 Å². The van der Waals surface area contributed by atoms with Gasteiger partial charge in [-0.15, -0.1) is 0 Å². The topological polar surface area (TPSA) is 99.7 Å². The lowest BCUT2D eigenvalue weighted by atomic mass is 10.0. The molecule has 3 N–H and O–H groups in total. The first-order valence-corrected chi connectivity index (χ1v) is 7.24. The second kappa shape index (κ2) is 6.71. The van der Waals surface area contributed by atoms with E-state index in [-0.39, 0.29) is 23.5 Å². The lowest BCUT2D eigenvalue weighted by Gasteiger charge is -2.28. The molecule has 1 fully saturated rings. The normalized spacial score (nSPS) is 23.0. The number of hydrogen-bond acceptors (Lipinski definition) is 7. The second-order valence-electron chi connectivity index (χ2n) is 5.35. The molecule has 2 aromatic rings. The maximum Gasteiger partial charge on any atom is 0.213 e. The number of hydrogen-bond donors (Lipinski definition) is 2. The van der Waals surface area contributed by atoms with E-state index in [4.69, 9.17) is 19.9 Å². The second-order valence-corrected chi connectivity index (χ2v) is 5.35. The third-order valence-corrected chi connectivity index (χ3v) is 3.63. The Morgan fingerprint density at radius 1 is 1.43 bits per heavy atom. The Morgan fingerprint density at radius 2 is 2.17 bits per heavy atom. The Balaban J connectivity index is 1.89. The van der Waals surface area contributed by atoms with Gasteiger partial charge in [0.15, 0.2) is 6.29 Å². The van der Waals surface area contributed by atoms with Crippen molar-refractivity contribution in [2.45, 2.75) is 24.9 Å². The average Bonchev–Trinajstić information content (AvgIpc) is 2.56. The molecule has 7 nitrogen and oxygen atoms in total. The van der Waals surface area contributed by atoms with Crippen molar-refractivity contribution in [2.75, 3.05) is 20.3 Å². The number of methoxy groups -OCH3 is 1. The van der Waals surface area contributed by atoms with Crippen molar-refractivity contribution in [1.29, 1.82) is 0 Å². The fourth-order valence-electron chi connectivity index (χ4n) is 2.47. The third-order valence-electron chi connectivity index (χ3n) is 3.63. The minimum atomic E-state index is -1.15. The first-order valence-electron chi connectivity index (χ1n) is 7.24. The largest absolute Gasteiger partial charge is 0.481 e. The van der Waals surface area contributed by atoms with Crippen LogP contribution in [0.15, 0.2) is 18.3 Å². The zero-order chi connectivity index (χ0) is 16.4. The molecule has 2 aromatic heterocycles. The quantitative estimate of drug-likeness (QED) is 0.862. The summed E-state index contributed by atoms with van der Waals surface area (Å²) in [6.07, 6.45) is -0.660. The molecular formula is C15H18FN3O4. The summed E-state index contributed by atoms with van der Waals surface area (Å²) in [6, 6.07) is 3.09. The first kappa shape index (κ1) is 16.0. The summed E-state index contributed by atoms with van der Waals surface area (Å²) >= 11 is 0. The number of aromatic nitrogens is 2. The molecule has 3 rings (SSSR count). The number of pyridine rings is 2. The summed E-state index contributed by atoms with van der Waals surface area (Å²) in [6.45, 7) is 0.673. The summed E-state index contributed by atoms with van der Waals surface area (Å²) in [5.41, 5.74) is 6.44. The van der Waals surface area contributed by atoms with Crippen LogP contribution in [0, 0.1) is 5.82 Å². The fraction of sp³-hybridized carbons (Fsp3) is 0.467. The number of nitrogens with two attached hydrogens (primary N) is 1. The Morgan fingerprint density at radius 3 is 2.87 bits per heavy atom. The first-order chi connectivity index (χ1) is 11.1. The number of aliphatic hydroxyl groups excluding tert-OH is 1. The Bertz CT molecular complexity index is 692. The zero-order valence-corrected chi connectivity index (χ0v) is 12.6. The molecule has 3 heterocycles. The SMILES string of the molecule is COc1ccc2ncc(F)c(C(O)C[C@H]3OC[C@H](N)CO3)c2n1. The zero-order valence-electron chi connectivity index (χ0n) is 12.6. The van der Waals surface area contributed by atoms with E-state index < -0.39 is 18.2 Å². The predicted molar refractivity (Wildman–Crippen MR) is 79.3 cm³/mol. The molecule has 0 bridgehead atoms. The van der Waals surface area contributed by atoms with Gasteiger partial charge in [0.05, 0.1) is 44.2 Å². The van der Waals surface area contributed by atoms with Crippen LogP contribution in [0.25, 0.3) is 11.0 Å². The number of aliphatic hydroxyl groups is 1. The van der Waals surface area contributed by atoms with Crippen LogP contribution >= 0.6 is 0 Å². The van der Waals surface area contributed by atoms with E-state index in [0.717, 1.165) is 6.20 Å². The lowest BCUT2D eigenvalue weighted by Crippen LogP contribution is -2.41. The standard InChI is InChI=1S/C15H18FN3O4/c1-21-12-3-2-10-15(19-12)14(9(16)5-18-10)11(20)4-13-22-6-8(17)7-23-13/h2-3,5,8,11,13,20H,4,6-7,17H2,1H3/t8-,11?,13-. The highest BCUT2D eigenvalue weighted by molar-refractivity contribution is 5.78. The number of fused-ring (bicyclic) bond motifs is 1. The molecule has 0 radical (unpaired) electrons. The molecule has 1 saturated heterocycles. The molecule has 1 atom stereocenters. The van der Waals surface area contributed by atoms with Gasteiger partial charge >= 0.3 is 0 Å². The minimum absolute atomic E-state index is 0.0518. The summed E-state index contributed by atoms with van der Waals surface area (Å²) in [5.74, 6) is -0.326. The summed E-state index contributed by atoms with van der Waals surface area (Å²) in [7, 11) is 1.46. The maximum atomic E-state index is 14.2. The molecule has 23 heavy (non-hydrogen) atoms. The van der Waals surface area contributed by atoms with E-state index in [1.54, 1.807) is 12.1 Å². The van der Waals surface area contributed by atoms with E-state index in [2.05, 4.69) is 9.97 Å². The van der Waals surface area contributed by atoms with Crippen LogP contribution in [0.2, 0.25) is 0 Å². The summed E-state index contributed by atoms with van der Waals surface area (Å²) in [4.78, 5) is 8.17. The van der Waals surface area contributed by atoms with E-state index in [1.807, 2.05) is 0 Å². The molecule has 1 aliphatic rings. The van der Waals surface area contributed by atoms with E-state index >= 15 is 0 Å². The molecule has 0 amide bonds. The lowest BCUT2D eigenvalue weighted by molar-refractivity contribution is -0.197. The molecule has 8 heteroatoms. The highest BCUT2D eigenvalue weighted by Gasteiger charge is 2.26. The molecule has 0 aromatic carbocycles. The van der Waals surface area contributed by atoms with Gasteiger partial charge in [-0.05, 0) is 6.07 Å². The van der Waals surface area contributed by atoms with E-state index in [0.29, 0.717) is 24.6 Å². The number of halogens is 1. The van der Waals surface area contributed by atoms with Gasteiger partial charge in [0.2, 0.25) is 5.88 Å². The molecule has 1 unspecified atom stereocenters. The molecule has 0 aliphatic carbocycles. The van der Waals surface area contributed by atoms with Crippen molar-refractivity contribution in [1.82, 2.24) is 9.97 Å². The predicted octanol–water partition coefficient (Wildman–Crippen LogP) is 0.901. The van der Waals surface area contributed by atoms with Crippen molar-refractivity contribution in [3.8, 4) is 5.88 Å². The number of rotatable bonds is 4. The highest BCUT2D eigenvalue weighted by atomic mass is 19.1. The average molecular weight is 323 g/mol. The van der Waals surface area contributed by atoms with E-state index in [9.17, 15) is 9.50 Å². The Labute approximate surface area is 132 Å². The molecule has 124 valence electrons. The van der Waals surface area contributed by atoms with Crippen LogP contribution in [0.3, 0.4) is 0 Å². The van der Waals surface area contributed by atoms with Gasteiger partial charge in [0, 0.05) is 18.1 Å². The molecule has 0 spiro atoms. The molecule has 0 saturated carbocycles. The number of nitrogens with zero attached hydrogens (tertiary/aromatic N) is 2. The number of ether oxygens (including phenoxy) is 3. The van der Waals surface area contributed by atoms with Gasteiger partial charge < -0.3 is 25.1 Å². The monoisotopic (exact) mass is 323 g/mol. The smallest absolute Gasteiger partial charge is 0.213 e. The van der Waals surface area contributed by atoms with Gasteiger partial charge in [-0.2, -0.15) is 0 Å². The van der Waals surface area contributed by atoms with Crippen molar-refractivity contribution in [3.63, 3.8) is 0 Å². The Kier molecular flexibility index (Phi) is 4.67. The molecular weight excluding hydrogens is 305 g/mol. The fourth-order valence-corrected chi connectivity index (χ4v) is 2.47. The minimum Gasteiger partial charge on any atom is -0.481 e. The van der Waals surface area contributed by atoms with Crippen molar-refractivity contribution in [3.05, 3.63) is 29.7 Å². The van der Waals surface area contributed by atoms with Crippen LogP contribution in [-0.2, 0) is 9.47 Å². The van der Waals surface area contributed by atoms with Crippen LogP contribution in [0.4, 0.5) is 4.39 Å². The summed E-state index contributed by atoms with van der Waals surface area (Å²) in [5, 5.41) is 10.4. The van der Waals surface area contributed by atoms with Gasteiger partial charge in [-0.25, -0.2) is 9.37 Å². The van der Waals surface area contributed by atoms with Crippen LogP contribution in [0.1, 0.15) is 18.1 Å². The van der Waals surface area contributed by atoms with Crippen LogP contribution < -0.4 is 10.5 Å². The third kappa shape index (κ3) is 3.40. The maximum absolute atomic E-state index is 14.2. The van der Waals surface area contributed by atoms with Crippen LogP contribution in [0.5, 0.6) is 5.88 Å². The Hall–Kier alpha value is -1.87. The summed E-state index contributed by atoms with van der Waals surface area (Å²) < 4.78 is 30.0. The highest BCUT2D eigenvalue weighted by Crippen LogP contribution is 2.30. The van der Waals surface area contributed by atoms with Crippen molar-refractivity contribution in [2.24, 2.45) is 5.73 Å². The van der Waals surface area contributed by atoms with Crippen molar-refractivity contribution < 1.29 is 23.7 Å². The van der Waals surface area contributed by atoms with Gasteiger partial charge in [-0.3, -0.25) is 4.98 Å². The van der Waals surface area contributed by atoms with E-state index in [1.165, 1.54) is 7.11 Å².